The first kappa shape index (κ1) is 18.8. The first-order chi connectivity index (χ1) is 14.7. The fraction of sp³-hybridized carbons (Fsp3) is 0.455. The Bertz CT molecular complexity index is 1070. The molecular weight excluding hydrogens is 376 g/mol. The molecule has 2 atom stereocenters. The Morgan fingerprint density at radius 2 is 2.03 bits per heavy atom. The van der Waals surface area contributed by atoms with E-state index in [1.54, 1.807) is 6.33 Å². The van der Waals surface area contributed by atoms with Crippen molar-refractivity contribution in [3.63, 3.8) is 0 Å². The summed E-state index contributed by atoms with van der Waals surface area (Å²) in [6.07, 6.45) is 10.7. The summed E-state index contributed by atoms with van der Waals surface area (Å²) in [7, 11) is 1.94. The van der Waals surface area contributed by atoms with Crippen LogP contribution in [0.1, 0.15) is 32.1 Å². The van der Waals surface area contributed by atoms with Gasteiger partial charge in [-0.1, -0.05) is 0 Å². The van der Waals surface area contributed by atoms with Crippen molar-refractivity contribution in [2.45, 2.75) is 50.2 Å². The minimum absolute atomic E-state index is 0.377. The van der Waals surface area contributed by atoms with Gasteiger partial charge in [0.1, 0.15) is 17.5 Å². The summed E-state index contributed by atoms with van der Waals surface area (Å²) >= 11 is 0. The van der Waals surface area contributed by atoms with Crippen LogP contribution in [0.4, 0.5) is 17.5 Å². The molecule has 2 N–H and O–H groups in total. The number of hydrogen-bond acceptors (Lipinski definition) is 7. The maximum absolute atomic E-state index is 8.96. The van der Waals surface area contributed by atoms with E-state index in [2.05, 4.69) is 37.6 Å². The molecule has 0 aromatic carbocycles. The van der Waals surface area contributed by atoms with Gasteiger partial charge in [0.2, 0.25) is 0 Å². The number of piperidine rings is 1. The molecule has 3 aromatic rings. The van der Waals surface area contributed by atoms with Gasteiger partial charge in [0, 0.05) is 62.0 Å². The van der Waals surface area contributed by atoms with Crippen molar-refractivity contribution in [3.8, 4) is 6.07 Å². The normalized spacial score (nSPS) is 23.4. The first-order valence-corrected chi connectivity index (χ1v) is 10.6. The molecule has 154 valence electrons. The van der Waals surface area contributed by atoms with Crippen LogP contribution < -0.4 is 10.6 Å². The summed E-state index contributed by atoms with van der Waals surface area (Å²) in [4.78, 5) is 16.3. The van der Waals surface area contributed by atoms with Crippen molar-refractivity contribution in [2.75, 3.05) is 17.2 Å². The van der Waals surface area contributed by atoms with E-state index in [-0.39, 0.29) is 0 Å². The van der Waals surface area contributed by atoms with Crippen LogP contribution in [0.5, 0.6) is 0 Å². The van der Waals surface area contributed by atoms with Crippen LogP contribution in [0.3, 0.4) is 0 Å². The van der Waals surface area contributed by atoms with Gasteiger partial charge in [-0.15, -0.1) is 0 Å². The quantitative estimate of drug-likeness (QED) is 0.652. The van der Waals surface area contributed by atoms with Crippen LogP contribution in [0.25, 0.3) is 10.9 Å². The molecule has 0 spiro atoms. The van der Waals surface area contributed by atoms with Crippen molar-refractivity contribution < 1.29 is 0 Å². The lowest BCUT2D eigenvalue weighted by Crippen LogP contribution is -2.47. The molecule has 2 aliphatic heterocycles. The molecule has 2 unspecified atom stereocenters. The van der Waals surface area contributed by atoms with Crippen molar-refractivity contribution in [2.24, 2.45) is 7.05 Å². The van der Waals surface area contributed by atoms with E-state index in [1.165, 1.54) is 12.8 Å². The highest BCUT2D eigenvalue weighted by molar-refractivity contribution is 5.91. The van der Waals surface area contributed by atoms with Crippen LogP contribution >= 0.6 is 0 Å². The first-order valence-electron chi connectivity index (χ1n) is 10.6. The number of fused-ring (bicyclic) bond motifs is 3. The number of imidazole rings is 1. The lowest BCUT2D eigenvalue weighted by atomic mass is 9.97. The molecular formula is C22H26N8. The van der Waals surface area contributed by atoms with Gasteiger partial charge in [0.05, 0.1) is 17.9 Å². The zero-order valence-electron chi connectivity index (χ0n) is 17.1. The van der Waals surface area contributed by atoms with E-state index in [1.807, 2.05) is 36.1 Å². The average molecular weight is 403 g/mol. The number of anilines is 3. The predicted octanol–water partition coefficient (Wildman–Crippen LogP) is 3.43. The van der Waals surface area contributed by atoms with Crippen molar-refractivity contribution in [3.05, 3.63) is 36.9 Å². The number of hydrogen-bond donors (Lipinski definition) is 2. The van der Waals surface area contributed by atoms with E-state index in [0.717, 1.165) is 47.7 Å². The van der Waals surface area contributed by atoms with Gasteiger partial charge in [-0.25, -0.2) is 9.97 Å². The molecule has 2 bridgehead atoms. The maximum atomic E-state index is 8.96. The SMILES string of the molecule is Cn1cnc(Nc2cc3ncccc3c(NC3CC4CCC(C3)N4CCC#N)n2)c1. The van der Waals surface area contributed by atoms with E-state index in [4.69, 9.17) is 10.2 Å². The minimum Gasteiger partial charge on any atom is -0.367 e. The zero-order valence-corrected chi connectivity index (χ0v) is 17.1. The second-order valence-corrected chi connectivity index (χ2v) is 8.32. The average Bonchev–Trinajstić information content (AvgIpc) is 3.25. The number of pyridine rings is 2. The smallest absolute Gasteiger partial charge is 0.149 e. The number of aryl methyl sites for hydroxylation is 1. The topological polar surface area (TPSA) is 94.7 Å². The number of nitrogens with zero attached hydrogens (tertiary/aromatic N) is 6. The Morgan fingerprint density at radius 3 is 2.77 bits per heavy atom. The van der Waals surface area contributed by atoms with E-state index < -0.39 is 0 Å². The number of nitrogens with one attached hydrogen (secondary N) is 2. The summed E-state index contributed by atoms with van der Waals surface area (Å²) in [6, 6.07) is 9.78. The Morgan fingerprint density at radius 1 is 1.20 bits per heavy atom. The molecule has 0 radical (unpaired) electrons. The highest BCUT2D eigenvalue weighted by Crippen LogP contribution is 2.37. The van der Waals surface area contributed by atoms with Gasteiger partial charge in [0.15, 0.2) is 0 Å². The van der Waals surface area contributed by atoms with E-state index in [9.17, 15) is 0 Å². The van der Waals surface area contributed by atoms with Crippen molar-refractivity contribution >= 4 is 28.4 Å². The van der Waals surface area contributed by atoms with Gasteiger partial charge in [0.25, 0.3) is 0 Å². The minimum atomic E-state index is 0.377. The summed E-state index contributed by atoms with van der Waals surface area (Å²) in [6.45, 7) is 0.896. The standard InChI is InChI=1S/C22H26N8/c1-29-13-21(25-14-29)27-20-12-19-18(4-2-8-24-19)22(28-20)26-15-10-16-5-6-17(11-15)30(16)9-3-7-23/h2,4,8,12-17H,3,5-6,9-11H2,1H3,(H2,26,27,28). The zero-order chi connectivity index (χ0) is 20.5. The van der Waals surface area contributed by atoms with Crippen molar-refractivity contribution in [1.29, 1.82) is 5.26 Å². The lowest BCUT2D eigenvalue weighted by Gasteiger charge is -2.39. The fourth-order valence-electron chi connectivity index (χ4n) is 4.99. The van der Waals surface area contributed by atoms with Gasteiger partial charge >= 0.3 is 0 Å². The second-order valence-electron chi connectivity index (χ2n) is 8.32. The summed E-state index contributed by atoms with van der Waals surface area (Å²) in [5.41, 5.74) is 0.905. The molecule has 5 rings (SSSR count). The number of aromatic nitrogens is 4. The number of nitriles is 1. The van der Waals surface area contributed by atoms with Gasteiger partial charge in [-0.2, -0.15) is 5.26 Å². The molecule has 8 heteroatoms. The molecule has 5 heterocycles. The Labute approximate surface area is 176 Å². The largest absolute Gasteiger partial charge is 0.367 e. The van der Waals surface area contributed by atoms with Gasteiger partial charge in [-0.3, -0.25) is 9.88 Å². The summed E-state index contributed by atoms with van der Waals surface area (Å²) < 4.78 is 1.90. The fourth-order valence-corrected chi connectivity index (χ4v) is 4.99. The lowest BCUT2D eigenvalue weighted by molar-refractivity contribution is 0.136. The summed E-state index contributed by atoms with van der Waals surface area (Å²) in [5, 5.41) is 17.0. The monoisotopic (exact) mass is 402 g/mol. The Kier molecular flexibility index (Phi) is 4.97. The van der Waals surface area contributed by atoms with Crippen LogP contribution in [-0.2, 0) is 7.05 Å². The maximum Gasteiger partial charge on any atom is 0.149 e. The molecule has 8 nitrogen and oxygen atoms in total. The highest BCUT2D eigenvalue weighted by Gasteiger charge is 2.40. The molecule has 0 saturated carbocycles. The molecule has 2 saturated heterocycles. The summed E-state index contributed by atoms with van der Waals surface area (Å²) in [5.74, 6) is 2.36. The number of rotatable bonds is 6. The van der Waals surface area contributed by atoms with Crippen LogP contribution in [0, 0.1) is 11.3 Å². The molecule has 30 heavy (non-hydrogen) atoms. The van der Waals surface area contributed by atoms with Crippen molar-refractivity contribution in [1.82, 2.24) is 24.4 Å². The van der Waals surface area contributed by atoms with E-state index >= 15 is 0 Å². The molecule has 0 amide bonds. The van der Waals surface area contributed by atoms with Crippen LogP contribution in [0.15, 0.2) is 36.9 Å². The van der Waals surface area contributed by atoms with Gasteiger partial charge < -0.3 is 15.2 Å². The molecule has 2 aliphatic rings. The van der Waals surface area contributed by atoms with Crippen LogP contribution in [-0.4, -0.2) is 49.1 Å². The Balaban J connectivity index is 1.38. The molecule has 3 aromatic heterocycles. The van der Waals surface area contributed by atoms with Gasteiger partial charge in [-0.05, 0) is 37.8 Å². The van der Waals surface area contributed by atoms with E-state index in [0.29, 0.717) is 24.5 Å². The molecule has 2 fully saturated rings. The highest BCUT2D eigenvalue weighted by atomic mass is 15.2. The third kappa shape index (κ3) is 3.68. The Hall–Kier alpha value is -3.18. The predicted molar refractivity (Wildman–Crippen MR) is 116 cm³/mol. The molecule has 0 aliphatic carbocycles. The van der Waals surface area contributed by atoms with Crippen LogP contribution in [0.2, 0.25) is 0 Å². The third-order valence-electron chi connectivity index (χ3n) is 6.27. The third-order valence-corrected chi connectivity index (χ3v) is 6.27. The second kappa shape index (κ2) is 7.92.